The van der Waals surface area contributed by atoms with E-state index in [1.54, 1.807) is 30.3 Å². The highest BCUT2D eigenvalue weighted by Gasteiger charge is 2.36. The van der Waals surface area contributed by atoms with E-state index in [0.717, 1.165) is 4.90 Å². The van der Waals surface area contributed by atoms with Crippen molar-refractivity contribution in [3.05, 3.63) is 90.8 Å². The third kappa shape index (κ3) is 5.93. The SMILES string of the molecule is CCOc1cc(/C=C2/C(=O)NC(=O)N(c3ccc(Cl)cc3)C2=O)cc(Br)c1OCc1c(Cl)cccc1Cl. The van der Waals surface area contributed by atoms with E-state index in [4.69, 9.17) is 44.3 Å². The van der Waals surface area contributed by atoms with Crippen molar-refractivity contribution >= 4 is 80.3 Å². The maximum atomic E-state index is 13.2. The molecule has 3 aromatic rings. The second kappa shape index (κ2) is 11.6. The van der Waals surface area contributed by atoms with Gasteiger partial charge in [0.25, 0.3) is 11.8 Å². The number of amides is 4. The maximum Gasteiger partial charge on any atom is 0.335 e. The van der Waals surface area contributed by atoms with E-state index in [2.05, 4.69) is 21.2 Å². The molecule has 1 fully saturated rings. The Bertz CT molecular complexity index is 1410. The highest BCUT2D eigenvalue weighted by Crippen LogP contribution is 2.39. The van der Waals surface area contributed by atoms with Crippen LogP contribution in [0, 0.1) is 0 Å². The van der Waals surface area contributed by atoms with Crippen molar-refractivity contribution < 1.29 is 23.9 Å². The summed E-state index contributed by atoms with van der Waals surface area (Å²) in [6.07, 6.45) is 1.37. The van der Waals surface area contributed by atoms with Crippen molar-refractivity contribution in [3.8, 4) is 11.5 Å². The molecule has 1 N–H and O–H groups in total. The summed E-state index contributed by atoms with van der Waals surface area (Å²) in [6.45, 7) is 2.21. The smallest absolute Gasteiger partial charge is 0.335 e. The van der Waals surface area contributed by atoms with Crippen LogP contribution in [0.1, 0.15) is 18.1 Å². The number of halogens is 4. The van der Waals surface area contributed by atoms with Gasteiger partial charge in [-0.05, 0) is 83.0 Å². The molecule has 0 aromatic heterocycles. The summed E-state index contributed by atoms with van der Waals surface area (Å²) >= 11 is 21.9. The maximum absolute atomic E-state index is 13.2. The van der Waals surface area contributed by atoms with Gasteiger partial charge in [0.1, 0.15) is 12.2 Å². The average Bonchev–Trinajstić information content (AvgIpc) is 2.84. The number of urea groups is 1. The fraction of sp³-hybridized carbons (Fsp3) is 0.115. The van der Waals surface area contributed by atoms with E-state index in [-0.39, 0.29) is 17.9 Å². The van der Waals surface area contributed by atoms with Crippen molar-refractivity contribution in [2.75, 3.05) is 11.5 Å². The number of carbonyl (C=O) groups is 3. The normalized spacial score (nSPS) is 14.7. The molecule has 1 aliphatic heterocycles. The molecule has 1 heterocycles. The first-order valence-corrected chi connectivity index (χ1v) is 12.8. The van der Waals surface area contributed by atoms with E-state index in [1.165, 1.54) is 30.3 Å². The molecular formula is C26H18BrCl3N2O5. The average molecular weight is 625 g/mol. The Morgan fingerprint density at radius 2 is 1.65 bits per heavy atom. The topological polar surface area (TPSA) is 84.9 Å². The van der Waals surface area contributed by atoms with Gasteiger partial charge < -0.3 is 9.47 Å². The predicted molar refractivity (Wildman–Crippen MR) is 147 cm³/mol. The van der Waals surface area contributed by atoms with Crippen LogP contribution < -0.4 is 19.7 Å². The summed E-state index contributed by atoms with van der Waals surface area (Å²) in [4.78, 5) is 39.0. The van der Waals surface area contributed by atoms with Crippen LogP contribution in [0.3, 0.4) is 0 Å². The highest BCUT2D eigenvalue weighted by molar-refractivity contribution is 9.10. The number of nitrogens with zero attached hydrogens (tertiary/aromatic N) is 1. The molecule has 11 heteroatoms. The molecule has 0 radical (unpaired) electrons. The molecule has 1 saturated heterocycles. The van der Waals surface area contributed by atoms with Crippen LogP contribution in [-0.2, 0) is 16.2 Å². The van der Waals surface area contributed by atoms with E-state index in [0.29, 0.717) is 48.8 Å². The molecule has 4 amide bonds. The fourth-order valence-electron chi connectivity index (χ4n) is 3.54. The Labute approximate surface area is 236 Å². The van der Waals surface area contributed by atoms with E-state index in [9.17, 15) is 14.4 Å². The number of benzene rings is 3. The largest absolute Gasteiger partial charge is 0.490 e. The molecule has 3 aromatic carbocycles. The summed E-state index contributed by atoms with van der Waals surface area (Å²) in [5.41, 5.74) is 1.11. The molecule has 0 spiro atoms. The Morgan fingerprint density at radius 1 is 0.973 bits per heavy atom. The van der Waals surface area contributed by atoms with Gasteiger partial charge in [-0.3, -0.25) is 14.9 Å². The van der Waals surface area contributed by atoms with Gasteiger partial charge in [0, 0.05) is 20.6 Å². The number of anilines is 1. The Kier molecular flexibility index (Phi) is 8.44. The summed E-state index contributed by atoms with van der Waals surface area (Å²) in [6, 6.07) is 13.7. The fourth-order valence-corrected chi connectivity index (χ4v) is 4.74. The van der Waals surface area contributed by atoms with Crippen molar-refractivity contribution in [1.29, 1.82) is 0 Å². The molecule has 1 aliphatic rings. The molecule has 0 bridgehead atoms. The van der Waals surface area contributed by atoms with Crippen LogP contribution >= 0.6 is 50.7 Å². The Balaban J connectivity index is 1.67. The molecule has 37 heavy (non-hydrogen) atoms. The minimum atomic E-state index is -0.854. The summed E-state index contributed by atoms with van der Waals surface area (Å²) in [7, 11) is 0. The molecule has 0 unspecified atom stereocenters. The van der Waals surface area contributed by atoms with Crippen molar-refractivity contribution in [3.63, 3.8) is 0 Å². The minimum Gasteiger partial charge on any atom is -0.490 e. The molecule has 4 rings (SSSR count). The molecule has 190 valence electrons. The van der Waals surface area contributed by atoms with Gasteiger partial charge in [0.15, 0.2) is 11.5 Å². The minimum absolute atomic E-state index is 0.0800. The Morgan fingerprint density at radius 3 is 2.30 bits per heavy atom. The number of ether oxygens (including phenoxy) is 2. The lowest BCUT2D eigenvalue weighted by molar-refractivity contribution is -0.122. The summed E-state index contributed by atoms with van der Waals surface area (Å²) in [5, 5.41) is 3.55. The first kappa shape index (κ1) is 27.0. The summed E-state index contributed by atoms with van der Waals surface area (Å²) in [5.74, 6) is -0.847. The van der Waals surface area contributed by atoms with Crippen LogP contribution in [0.4, 0.5) is 10.5 Å². The number of carbonyl (C=O) groups excluding carboxylic acids is 3. The number of barbiturate groups is 1. The monoisotopic (exact) mass is 622 g/mol. The highest BCUT2D eigenvalue weighted by atomic mass is 79.9. The van der Waals surface area contributed by atoms with Gasteiger partial charge in [0.2, 0.25) is 0 Å². The second-order valence-corrected chi connectivity index (χ2v) is 9.79. The van der Waals surface area contributed by atoms with Crippen LogP contribution in [0.5, 0.6) is 11.5 Å². The first-order valence-electron chi connectivity index (χ1n) is 10.9. The van der Waals surface area contributed by atoms with Crippen LogP contribution in [0.25, 0.3) is 6.08 Å². The van der Waals surface area contributed by atoms with Crippen LogP contribution in [0.15, 0.2) is 64.6 Å². The van der Waals surface area contributed by atoms with Gasteiger partial charge in [-0.1, -0.05) is 40.9 Å². The number of rotatable bonds is 7. The molecule has 0 aliphatic carbocycles. The van der Waals surface area contributed by atoms with E-state index in [1.807, 2.05) is 6.92 Å². The zero-order valence-corrected chi connectivity index (χ0v) is 23.0. The van der Waals surface area contributed by atoms with E-state index >= 15 is 0 Å². The van der Waals surface area contributed by atoms with Gasteiger partial charge in [-0.25, -0.2) is 9.69 Å². The molecule has 0 atom stereocenters. The van der Waals surface area contributed by atoms with Gasteiger partial charge in [0.05, 0.1) is 16.8 Å². The quantitative estimate of drug-likeness (QED) is 0.225. The zero-order valence-electron chi connectivity index (χ0n) is 19.2. The number of nitrogens with one attached hydrogen (secondary N) is 1. The van der Waals surface area contributed by atoms with Crippen LogP contribution in [0.2, 0.25) is 15.1 Å². The van der Waals surface area contributed by atoms with Gasteiger partial charge in [-0.2, -0.15) is 0 Å². The number of hydrogen-bond acceptors (Lipinski definition) is 5. The predicted octanol–water partition coefficient (Wildman–Crippen LogP) is 7.05. The van der Waals surface area contributed by atoms with Crippen molar-refractivity contribution in [1.82, 2.24) is 5.32 Å². The zero-order chi connectivity index (χ0) is 26.7. The molecule has 0 saturated carbocycles. The third-order valence-electron chi connectivity index (χ3n) is 5.25. The number of imide groups is 2. The first-order chi connectivity index (χ1) is 17.7. The number of hydrogen-bond donors (Lipinski definition) is 1. The van der Waals surface area contributed by atoms with Crippen LogP contribution in [-0.4, -0.2) is 24.5 Å². The van der Waals surface area contributed by atoms with Crippen molar-refractivity contribution in [2.24, 2.45) is 0 Å². The second-order valence-electron chi connectivity index (χ2n) is 7.69. The lowest BCUT2D eigenvalue weighted by Crippen LogP contribution is -2.54. The lowest BCUT2D eigenvalue weighted by atomic mass is 10.1. The van der Waals surface area contributed by atoms with Crippen molar-refractivity contribution in [2.45, 2.75) is 13.5 Å². The standard InChI is InChI=1S/C26H18BrCl3N2O5/c1-2-36-22-12-14(11-19(27)23(22)37-13-18-20(29)4-3-5-21(18)30)10-17-24(33)31-26(35)32(25(17)34)16-8-6-15(28)7-9-16/h3-12H,2,13H2,1H3,(H,31,33,35)/b17-10-. The van der Waals surface area contributed by atoms with E-state index < -0.39 is 17.8 Å². The summed E-state index contributed by atoms with van der Waals surface area (Å²) < 4.78 is 12.2. The van der Waals surface area contributed by atoms with Gasteiger partial charge >= 0.3 is 6.03 Å². The van der Waals surface area contributed by atoms with Gasteiger partial charge in [-0.15, -0.1) is 0 Å². The molecule has 7 nitrogen and oxygen atoms in total. The molecular weight excluding hydrogens is 607 g/mol. The Hall–Kier alpha value is -3.04. The lowest BCUT2D eigenvalue weighted by Gasteiger charge is -2.26. The third-order valence-corrected chi connectivity index (χ3v) is 6.80.